The third-order valence-electron chi connectivity index (χ3n) is 2.19. The van der Waals surface area contributed by atoms with Gasteiger partial charge in [0.1, 0.15) is 11.8 Å². The van der Waals surface area contributed by atoms with Gasteiger partial charge in [-0.3, -0.25) is 9.59 Å². The number of carboxylic acids is 1. The topological polar surface area (TPSA) is 86.6 Å². The number of carbonyl (C=O) groups is 2. The van der Waals surface area contributed by atoms with E-state index in [1.807, 2.05) is 0 Å². The average molecular weight is 223 g/mol. The van der Waals surface area contributed by atoms with Crippen molar-refractivity contribution in [1.82, 2.24) is 5.32 Å². The molecule has 1 aromatic rings. The smallest absolute Gasteiger partial charge is 0.325 e. The molecule has 16 heavy (non-hydrogen) atoms. The maximum absolute atomic E-state index is 11.5. The second kappa shape index (κ2) is 4.65. The lowest BCUT2D eigenvalue weighted by atomic mass is 10.1. The number of aromatic hydroxyl groups is 1. The third-order valence-corrected chi connectivity index (χ3v) is 2.19. The van der Waals surface area contributed by atoms with Crippen LogP contribution in [-0.2, 0) is 4.79 Å². The van der Waals surface area contributed by atoms with Crippen molar-refractivity contribution in [2.75, 3.05) is 0 Å². The maximum atomic E-state index is 11.5. The van der Waals surface area contributed by atoms with E-state index in [1.165, 1.54) is 19.1 Å². The molecule has 0 aliphatic heterocycles. The SMILES string of the molecule is Cc1ccc(C(=O)N[C@H](C)C(=O)O)cc1O. The zero-order chi connectivity index (χ0) is 12.3. The van der Waals surface area contributed by atoms with Crippen LogP contribution in [0, 0.1) is 6.92 Å². The number of hydrogen-bond donors (Lipinski definition) is 3. The van der Waals surface area contributed by atoms with Gasteiger partial charge in [-0.15, -0.1) is 0 Å². The second-order valence-corrected chi connectivity index (χ2v) is 3.53. The number of amides is 1. The highest BCUT2D eigenvalue weighted by molar-refractivity contribution is 5.96. The first-order chi connectivity index (χ1) is 7.41. The summed E-state index contributed by atoms with van der Waals surface area (Å²) in [7, 11) is 0. The Morgan fingerprint density at radius 2 is 2.00 bits per heavy atom. The Labute approximate surface area is 92.7 Å². The molecular formula is C11H13NO4. The fourth-order valence-electron chi connectivity index (χ4n) is 1.09. The molecule has 5 nitrogen and oxygen atoms in total. The van der Waals surface area contributed by atoms with Crippen LogP contribution in [0.15, 0.2) is 18.2 Å². The molecule has 1 rings (SSSR count). The van der Waals surface area contributed by atoms with Gasteiger partial charge in [0, 0.05) is 5.56 Å². The summed E-state index contributed by atoms with van der Waals surface area (Å²) in [6, 6.07) is 3.46. The fourth-order valence-corrected chi connectivity index (χ4v) is 1.09. The normalized spacial score (nSPS) is 11.9. The molecule has 5 heteroatoms. The zero-order valence-electron chi connectivity index (χ0n) is 9.02. The van der Waals surface area contributed by atoms with Crippen LogP contribution >= 0.6 is 0 Å². The lowest BCUT2D eigenvalue weighted by Crippen LogP contribution is -2.38. The molecule has 0 saturated carbocycles. The maximum Gasteiger partial charge on any atom is 0.325 e. The van der Waals surface area contributed by atoms with E-state index in [0.717, 1.165) is 0 Å². The Morgan fingerprint density at radius 1 is 1.38 bits per heavy atom. The van der Waals surface area contributed by atoms with Gasteiger partial charge in [0.05, 0.1) is 0 Å². The van der Waals surface area contributed by atoms with Gasteiger partial charge < -0.3 is 15.5 Å². The van der Waals surface area contributed by atoms with Crippen LogP contribution in [0.5, 0.6) is 5.75 Å². The van der Waals surface area contributed by atoms with Crippen molar-refractivity contribution >= 4 is 11.9 Å². The molecule has 0 aliphatic rings. The first-order valence-corrected chi connectivity index (χ1v) is 4.75. The second-order valence-electron chi connectivity index (χ2n) is 3.53. The van der Waals surface area contributed by atoms with Gasteiger partial charge in [0.25, 0.3) is 5.91 Å². The van der Waals surface area contributed by atoms with Crippen LogP contribution in [0.1, 0.15) is 22.8 Å². The zero-order valence-corrected chi connectivity index (χ0v) is 9.02. The van der Waals surface area contributed by atoms with Crippen molar-refractivity contribution in [2.24, 2.45) is 0 Å². The molecule has 1 atom stereocenters. The molecule has 0 bridgehead atoms. The number of hydrogen-bond acceptors (Lipinski definition) is 3. The summed E-state index contributed by atoms with van der Waals surface area (Å²) in [5.74, 6) is -1.62. The number of phenols is 1. The number of carbonyl (C=O) groups excluding carboxylic acids is 1. The van der Waals surface area contributed by atoms with E-state index < -0.39 is 17.9 Å². The minimum absolute atomic E-state index is 0.00984. The van der Waals surface area contributed by atoms with Gasteiger partial charge in [0.2, 0.25) is 0 Å². The van der Waals surface area contributed by atoms with Crippen LogP contribution in [0.25, 0.3) is 0 Å². The van der Waals surface area contributed by atoms with Crippen LogP contribution in [0.2, 0.25) is 0 Å². The first-order valence-electron chi connectivity index (χ1n) is 4.75. The van der Waals surface area contributed by atoms with Crippen molar-refractivity contribution in [3.05, 3.63) is 29.3 Å². The molecule has 1 amide bonds. The quantitative estimate of drug-likeness (QED) is 0.710. The predicted molar refractivity (Wildman–Crippen MR) is 57.4 cm³/mol. The molecule has 0 saturated heterocycles. The number of aliphatic carboxylic acids is 1. The summed E-state index contributed by atoms with van der Waals surface area (Å²) in [6.07, 6.45) is 0. The molecule has 0 radical (unpaired) electrons. The molecule has 1 aromatic carbocycles. The van der Waals surface area contributed by atoms with E-state index in [4.69, 9.17) is 5.11 Å². The van der Waals surface area contributed by atoms with Crippen molar-refractivity contribution in [1.29, 1.82) is 0 Å². The van der Waals surface area contributed by atoms with Crippen molar-refractivity contribution in [3.8, 4) is 5.75 Å². The monoisotopic (exact) mass is 223 g/mol. The van der Waals surface area contributed by atoms with Gasteiger partial charge in [-0.05, 0) is 31.5 Å². The van der Waals surface area contributed by atoms with E-state index in [9.17, 15) is 14.7 Å². The molecule has 0 heterocycles. The molecule has 0 aromatic heterocycles. The number of phenolic OH excluding ortho intramolecular Hbond substituents is 1. The number of carboxylic acid groups (broad SMARTS) is 1. The standard InChI is InChI=1S/C11H13NO4/c1-6-3-4-8(5-9(6)13)10(14)12-7(2)11(15)16/h3-5,7,13H,1-2H3,(H,12,14)(H,15,16)/t7-/m1/s1. The van der Waals surface area contributed by atoms with Gasteiger partial charge in [-0.25, -0.2) is 0 Å². The number of rotatable bonds is 3. The number of benzene rings is 1. The molecule has 86 valence electrons. The van der Waals surface area contributed by atoms with Crippen molar-refractivity contribution in [3.63, 3.8) is 0 Å². The van der Waals surface area contributed by atoms with E-state index in [1.54, 1.807) is 13.0 Å². The molecule has 0 aliphatic carbocycles. The van der Waals surface area contributed by atoms with Crippen LogP contribution < -0.4 is 5.32 Å². The summed E-state index contributed by atoms with van der Waals surface area (Å²) in [4.78, 5) is 22.1. The molecule has 0 fully saturated rings. The van der Waals surface area contributed by atoms with E-state index in [2.05, 4.69) is 5.32 Å². The Hall–Kier alpha value is -2.04. The Bertz CT molecular complexity index is 428. The van der Waals surface area contributed by atoms with Crippen molar-refractivity contribution < 1.29 is 19.8 Å². The third kappa shape index (κ3) is 2.73. The summed E-state index contributed by atoms with van der Waals surface area (Å²) in [5.41, 5.74) is 0.888. The van der Waals surface area contributed by atoms with Crippen LogP contribution in [-0.4, -0.2) is 28.1 Å². The lowest BCUT2D eigenvalue weighted by molar-refractivity contribution is -0.138. The van der Waals surface area contributed by atoms with E-state index in [0.29, 0.717) is 5.56 Å². The fraction of sp³-hybridized carbons (Fsp3) is 0.273. The molecule has 0 spiro atoms. The highest BCUT2D eigenvalue weighted by Crippen LogP contribution is 2.17. The lowest BCUT2D eigenvalue weighted by Gasteiger charge is -2.09. The van der Waals surface area contributed by atoms with Gasteiger partial charge in [0.15, 0.2) is 0 Å². The van der Waals surface area contributed by atoms with Crippen LogP contribution in [0.3, 0.4) is 0 Å². The van der Waals surface area contributed by atoms with Gasteiger partial charge in [-0.2, -0.15) is 0 Å². The minimum atomic E-state index is -1.11. The van der Waals surface area contributed by atoms with Crippen LogP contribution in [0.4, 0.5) is 0 Å². The first kappa shape index (κ1) is 12.0. The molecule has 0 unspecified atom stereocenters. The van der Waals surface area contributed by atoms with Crippen molar-refractivity contribution in [2.45, 2.75) is 19.9 Å². The van der Waals surface area contributed by atoms with Gasteiger partial charge in [-0.1, -0.05) is 6.07 Å². The Kier molecular flexibility index (Phi) is 3.50. The predicted octanol–water partition coefficient (Wildman–Crippen LogP) is 0.904. The van der Waals surface area contributed by atoms with E-state index >= 15 is 0 Å². The largest absolute Gasteiger partial charge is 0.508 e. The van der Waals surface area contributed by atoms with Gasteiger partial charge >= 0.3 is 5.97 Å². The summed E-state index contributed by atoms with van der Waals surface area (Å²) < 4.78 is 0. The molecule has 3 N–H and O–H groups in total. The highest BCUT2D eigenvalue weighted by atomic mass is 16.4. The van der Waals surface area contributed by atoms with E-state index in [-0.39, 0.29) is 11.3 Å². The highest BCUT2D eigenvalue weighted by Gasteiger charge is 2.15. The summed E-state index contributed by atoms with van der Waals surface area (Å²) in [5, 5.41) is 20.3. The number of nitrogens with one attached hydrogen (secondary N) is 1. The number of aryl methyl sites for hydroxylation is 1. The average Bonchev–Trinajstić information content (AvgIpc) is 2.21. The summed E-state index contributed by atoms with van der Waals surface area (Å²) in [6.45, 7) is 3.07. The summed E-state index contributed by atoms with van der Waals surface area (Å²) >= 11 is 0. The molecular weight excluding hydrogens is 210 g/mol. The minimum Gasteiger partial charge on any atom is -0.508 e. The Morgan fingerprint density at radius 3 is 2.50 bits per heavy atom. The Balaban J connectivity index is 2.81.